The van der Waals surface area contributed by atoms with E-state index in [1.807, 2.05) is 6.92 Å². The molecule has 2 N–H and O–H groups in total. The summed E-state index contributed by atoms with van der Waals surface area (Å²) in [4.78, 5) is 2.50. The van der Waals surface area contributed by atoms with Crippen LogP contribution in [0.5, 0.6) is 0 Å². The molecule has 1 aliphatic rings. The first-order valence-corrected chi connectivity index (χ1v) is 7.00. The van der Waals surface area contributed by atoms with E-state index in [4.69, 9.17) is 10.5 Å². The van der Waals surface area contributed by atoms with E-state index in [9.17, 15) is 0 Å². The Balaban J connectivity index is 2.29. The maximum Gasteiger partial charge on any atom is 0.0823 e. The van der Waals surface area contributed by atoms with Gasteiger partial charge in [-0.2, -0.15) is 11.8 Å². The SMILES string of the molecule is CCOC(CN)CN1CCSC(CC)C1. The lowest BCUT2D eigenvalue weighted by Gasteiger charge is -2.33. The van der Waals surface area contributed by atoms with Gasteiger partial charge in [0.25, 0.3) is 0 Å². The second-order valence-electron chi connectivity index (χ2n) is 3.97. The minimum atomic E-state index is 0.218. The highest BCUT2D eigenvalue weighted by atomic mass is 32.2. The summed E-state index contributed by atoms with van der Waals surface area (Å²) < 4.78 is 5.59. The third-order valence-corrected chi connectivity index (χ3v) is 4.18. The molecule has 1 saturated heterocycles. The van der Waals surface area contributed by atoms with Gasteiger partial charge in [0.05, 0.1) is 6.10 Å². The van der Waals surface area contributed by atoms with Gasteiger partial charge in [-0.3, -0.25) is 4.90 Å². The first-order valence-electron chi connectivity index (χ1n) is 5.95. The van der Waals surface area contributed by atoms with Gasteiger partial charge in [0.1, 0.15) is 0 Å². The molecule has 0 aromatic heterocycles. The van der Waals surface area contributed by atoms with Crippen LogP contribution in [0.25, 0.3) is 0 Å². The summed E-state index contributed by atoms with van der Waals surface area (Å²) in [7, 11) is 0. The lowest BCUT2D eigenvalue weighted by Crippen LogP contribution is -2.44. The molecule has 4 heteroatoms. The van der Waals surface area contributed by atoms with Crippen LogP contribution < -0.4 is 5.73 Å². The smallest absolute Gasteiger partial charge is 0.0823 e. The summed E-state index contributed by atoms with van der Waals surface area (Å²) in [5.74, 6) is 1.25. The normalized spacial score (nSPS) is 25.4. The summed E-state index contributed by atoms with van der Waals surface area (Å²) in [6, 6.07) is 0. The minimum Gasteiger partial charge on any atom is -0.376 e. The number of ether oxygens (including phenoxy) is 1. The minimum absolute atomic E-state index is 0.218. The largest absolute Gasteiger partial charge is 0.376 e. The molecule has 1 fully saturated rings. The molecule has 1 aliphatic heterocycles. The van der Waals surface area contributed by atoms with Crippen molar-refractivity contribution in [2.24, 2.45) is 5.73 Å². The van der Waals surface area contributed by atoms with Crippen LogP contribution in [0.3, 0.4) is 0 Å². The van der Waals surface area contributed by atoms with Crippen molar-refractivity contribution in [2.75, 3.05) is 38.5 Å². The fourth-order valence-electron chi connectivity index (χ4n) is 1.91. The van der Waals surface area contributed by atoms with Crippen LogP contribution in [0, 0.1) is 0 Å². The summed E-state index contributed by atoms with van der Waals surface area (Å²) >= 11 is 2.10. The van der Waals surface area contributed by atoms with Gasteiger partial charge in [-0.1, -0.05) is 6.92 Å². The van der Waals surface area contributed by atoms with Crippen molar-refractivity contribution in [1.29, 1.82) is 0 Å². The number of nitrogens with zero attached hydrogens (tertiary/aromatic N) is 1. The second-order valence-corrected chi connectivity index (χ2v) is 5.38. The van der Waals surface area contributed by atoms with Gasteiger partial charge in [0, 0.05) is 43.8 Å². The predicted molar refractivity (Wildman–Crippen MR) is 67.4 cm³/mol. The van der Waals surface area contributed by atoms with E-state index in [0.717, 1.165) is 18.4 Å². The highest BCUT2D eigenvalue weighted by Crippen LogP contribution is 2.21. The summed E-state index contributed by atoms with van der Waals surface area (Å²) in [6.07, 6.45) is 1.49. The fraction of sp³-hybridized carbons (Fsp3) is 1.00. The predicted octanol–water partition coefficient (Wildman–Crippen LogP) is 1.18. The molecule has 2 atom stereocenters. The molecule has 1 rings (SSSR count). The second kappa shape index (κ2) is 7.49. The Kier molecular flexibility index (Phi) is 6.64. The third-order valence-electron chi connectivity index (χ3n) is 2.81. The van der Waals surface area contributed by atoms with Crippen LogP contribution in [0.15, 0.2) is 0 Å². The van der Waals surface area contributed by atoms with Gasteiger partial charge in [-0.15, -0.1) is 0 Å². The molecule has 3 nitrogen and oxygen atoms in total. The molecule has 0 aromatic carbocycles. The van der Waals surface area contributed by atoms with Crippen LogP contribution in [-0.4, -0.2) is 54.8 Å². The zero-order chi connectivity index (χ0) is 11.1. The molecule has 0 radical (unpaired) electrons. The topological polar surface area (TPSA) is 38.5 Å². The molecule has 0 aromatic rings. The molecule has 0 amide bonds. The quantitative estimate of drug-likeness (QED) is 0.746. The van der Waals surface area contributed by atoms with Crippen molar-refractivity contribution >= 4 is 11.8 Å². The molecule has 0 aliphatic carbocycles. The van der Waals surface area contributed by atoms with Crippen molar-refractivity contribution in [3.05, 3.63) is 0 Å². The number of thioether (sulfide) groups is 1. The standard InChI is InChI=1S/C11H24N2OS/c1-3-11-9-13(5-6-15-11)8-10(7-12)14-4-2/h10-11H,3-9,12H2,1-2H3. The van der Waals surface area contributed by atoms with Crippen molar-refractivity contribution in [3.8, 4) is 0 Å². The Bertz CT molecular complexity index is 169. The molecule has 0 spiro atoms. The van der Waals surface area contributed by atoms with Crippen LogP contribution in [-0.2, 0) is 4.74 Å². The molecule has 1 heterocycles. The molecule has 0 saturated carbocycles. The highest BCUT2D eigenvalue weighted by Gasteiger charge is 2.21. The zero-order valence-corrected chi connectivity index (χ0v) is 10.8. The van der Waals surface area contributed by atoms with Gasteiger partial charge < -0.3 is 10.5 Å². The Hall–Kier alpha value is 0.230. The summed E-state index contributed by atoms with van der Waals surface area (Å²) in [5, 5.41) is 0.804. The van der Waals surface area contributed by atoms with Crippen LogP contribution in [0.4, 0.5) is 0 Å². The van der Waals surface area contributed by atoms with Crippen molar-refractivity contribution < 1.29 is 4.74 Å². The molecular weight excluding hydrogens is 208 g/mol. The van der Waals surface area contributed by atoms with E-state index in [-0.39, 0.29) is 6.10 Å². The van der Waals surface area contributed by atoms with E-state index in [0.29, 0.717) is 6.54 Å². The van der Waals surface area contributed by atoms with E-state index in [1.54, 1.807) is 0 Å². The maximum absolute atomic E-state index is 5.69. The van der Waals surface area contributed by atoms with Gasteiger partial charge in [0.2, 0.25) is 0 Å². The third kappa shape index (κ3) is 4.72. The van der Waals surface area contributed by atoms with E-state index in [1.165, 1.54) is 25.3 Å². The van der Waals surface area contributed by atoms with Crippen LogP contribution in [0.2, 0.25) is 0 Å². The van der Waals surface area contributed by atoms with Crippen molar-refractivity contribution in [3.63, 3.8) is 0 Å². The van der Waals surface area contributed by atoms with Gasteiger partial charge in [0.15, 0.2) is 0 Å². The molecule has 2 unspecified atom stereocenters. The van der Waals surface area contributed by atoms with Crippen LogP contribution >= 0.6 is 11.8 Å². The average Bonchev–Trinajstić information content (AvgIpc) is 2.29. The van der Waals surface area contributed by atoms with E-state index in [2.05, 4.69) is 23.6 Å². The first kappa shape index (κ1) is 13.3. The number of hydrogen-bond donors (Lipinski definition) is 1. The molecule has 90 valence electrons. The maximum atomic E-state index is 5.69. The lowest BCUT2D eigenvalue weighted by molar-refractivity contribution is 0.0400. The Morgan fingerprint density at radius 3 is 2.93 bits per heavy atom. The Labute approximate surface area is 97.7 Å². The summed E-state index contributed by atoms with van der Waals surface area (Å²) in [5.41, 5.74) is 5.69. The first-order chi connectivity index (χ1) is 7.30. The van der Waals surface area contributed by atoms with E-state index < -0.39 is 0 Å². The van der Waals surface area contributed by atoms with Crippen molar-refractivity contribution in [1.82, 2.24) is 4.90 Å². The number of nitrogens with two attached hydrogens (primary N) is 1. The van der Waals surface area contributed by atoms with Gasteiger partial charge in [-0.05, 0) is 13.3 Å². The molecule has 0 bridgehead atoms. The summed E-state index contributed by atoms with van der Waals surface area (Å²) in [6.45, 7) is 9.08. The molecular formula is C11H24N2OS. The zero-order valence-electron chi connectivity index (χ0n) is 9.95. The number of hydrogen-bond acceptors (Lipinski definition) is 4. The number of rotatable bonds is 6. The van der Waals surface area contributed by atoms with E-state index >= 15 is 0 Å². The lowest BCUT2D eigenvalue weighted by atomic mass is 10.2. The van der Waals surface area contributed by atoms with Crippen LogP contribution in [0.1, 0.15) is 20.3 Å². The molecule has 15 heavy (non-hydrogen) atoms. The Morgan fingerprint density at radius 1 is 1.53 bits per heavy atom. The Morgan fingerprint density at radius 2 is 2.33 bits per heavy atom. The fourth-order valence-corrected chi connectivity index (χ4v) is 3.16. The monoisotopic (exact) mass is 232 g/mol. The highest BCUT2D eigenvalue weighted by molar-refractivity contribution is 8.00. The average molecular weight is 232 g/mol. The van der Waals surface area contributed by atoms with Crippen molar-refractivity contribution in [2.45, 2.75) is 31.6 Å². The van der Waals surface area contributed by atoms with Gasteiger partial charge in [-0.25, -0.2) is 0 Å². The van der Waals surface area contributed by atoms with Gasteiger partial charge >= 0.3 is 0 Å².